The molecular formula is C21H26O5. The van der Waals surface area contributed by atoms with Crippen molar-refractivity contribution in [2.24, 2.45) is 34.5 Å². The molecule has 0 aliphatic heterocycles. The smallest absolute Gasteiger partial charge is 0.178 e. The predicted molar refractivity (Wildman–Crippen MR) is 94.0 cm³/mol. The lowest BCUT2D eigenvalue weighted by Gasteiger charge is -2.56. The minimum absolute atomic E-state index is 0.00672. The molecule has 0 amide bonds. The molecule has 0 aromatic carbocycles. The van der Waals surface area contributed by atoms with Gasteiger partial charge in [0, 0.05) is 23.7 Å². The quantitative estimate of drug-likeness (QED) is 0.783. The van der Waals surface area contributed by atoms with Crippen LogP contribution in [0.2, 0.25) is 0 Å². The summed E-state index contributed by atoms with van der Waals surface area (Å²) in [4.78, 5) is 37.4. The Morgan fingerprint density at radius 2 is 2.00 bits per heavy atom. The zero-order chi connectivity index (χ0) is 18.9. The second kappa shape index (κ2) is 5.70. The number of ketones is 3. The first kappa shape index (κ1) is 17.8. The van der Waals surface area contributed by atoms with E-state index in [4.69, 9.17) is 0 Å². The molecule has 0 heterocycles. The molecule has 1 unspecified atom stereocenters. The molecule has 4 rings (SSSR count). The van der Waals surface area contributed by atoms with E-state index in [0.29, 0.717) is 24.8 Å². The van der Waals surface area contributed by atoms with Crippen LogP contribution in [0.15, 0.2) is 23.8 Å². The van der Waals surface area contributed by atoms with Gasteiger partial charge in [0.2, 0.25) is 0 Å². The van der Waals surface area contributed by atoms with Gasteiger partial charge in [-0.25, -0.2) is 0 Å². The number of hydrogen-bond acceptors (Lipinski definition) is 5. The molecule has 3 fully saturated rings. The van der Waals surface area contributed by atoms with Crippen molar-refractivity contribution >= 4 is 17.3 Å². The maximum atomic E-state index is 13.3. The molecule has 2 N–H and O–H groups in total. The predicted octanol–water partition coefficient (Wildman–Crippen LogP) is 1.62. The van der Waals surface area contributed by atoms with E-state index in [1.54, 1.807) is 6.08 Å². The molecule has 4 aliphatic rings. The Kier molecular flexibility index (Phi) is 3.90. The number of hydrogen-bond donors (Lipinski definition) is 2. The number of aliphatic hydroxyl groups excluding tert-OH is 2. The Labute approximate surface area is 153 Å². The highest BCUT2D eigenvalue weighted by Crippen LogP contribution is 2.64. The Morgan fingerprint density at radius 3 is 2.69 bits per heavy atom. The number of allylic oxidation sites excluding steroid dienone is 3. The van der Waals surface area contributed by atoms with Crippen molar-refractivity contribution < 1.29 is 24.6 Å². The van der Waals surface area contributed by atoms with Gasteiger partial charge in [0.1, 0.15) is 12.4 Å². The van der Waals surface area contributed by atoms with E-state index >= 15 is 0 Å². The van der Waals surface area contributed by atoms with Gasteiger partial charge < -0.3 is 10.2 Å². The molecule has 4 aliphatic carbocycles. The fourth-order valence-electron chi connectivity index (χ4n) is 6.73. The first-order chi connectivity index (χ1) is 12.2. The Morgan fingerprint density at radius 1 is 1.27 bits per heavy atom. The number of Topliss-reactive ketones (excluding diaryl/α,β-unsaturated/α-hetero) is 2. The Balaban J connectivity index is 1.76. The molecule has 0 aromatic rings. The minimum atomic E-state index is -0.738. The summed E-state index contributed by atoms with van der Waals surface area (Å²) in [7, 11) is 0. The van der Waals surface area contributed by atoms with Crippen LogP contribution in [0, 0.1) is 34.5 Å². The molecule has 0 bridgehead atoms. The Bertz CT molecular complexity index is 750. The highest BCUT2D eigenvalue weighted by Gasteiger charge is 2.63. The first-order valence-electron chi connectivity index (χ1n) is 9.52. The Hall–Kier alpha value is -1.59. The van der Waals surface area contributed by atoms with Crippen LogP contribution in [-0.2, 0) is 14.4 Å². The topological polar surface area (TPSA) is 91.7 Å². The number of fused-ring (bicyclic) bond motifs is 5. The third-order valence-corrected chi connectivity index (χ3v) is 7.82. The fourth-order valence-corrected chi connectivity index (χ4v) is 6.73. The van der Waals surface area contributed by atoms with E-state index < -0.39 is 23.5 Å². The summed E-state index contributed by atoms with van der Waals surface area (Å²) in [5.74, 6) is -0.580. The van der Waals surface area contributed by atoms with Crippen molar-refractivity contribution in [1.29, 1.82) is 0 Å². The van der Waals surface area contributed by atoms with Crippen LogP contribution in [0.1, 0.15) is 39.5 Å². The highest BCUT2D eigenvalue weighted by molar-refractivity contribution is 6.02. The molecule has 26 heavy (non-hydrogen) atoms. The summed E-state index contributed by atoms with van der Waals surface area (Å²) in [5.41, 5.74) is -0.415. The van der Waals surface area contributed by atoms with Gasteiger partial charge in [0.05, 0.1) is 6.10 Å². The average Bonchev–Trinajstić information content (AvgIpc) is 2.92. The van der Waals surface area contributed by atoms with Gasteiger partial charge in [0.15, 0.2) is 11.6 Å². The zero-order valence-corrected chi connectivity index (χ0v) is 15.3. The van der Waals surface area contributed by atoms with Gasteiger partial charge in [-0.1, -0.05) is 19.9 Å². The monoisotopic (exact) mass is 358 g/mol. The van der Waals surface area contributed by atoms with Crippen molar-refractivity contribution in [3.8, 4) is 0 Å². The van der Waals surface area contributed by atoms with E-state index in [0.717, 1.165) is 6.42 Å². The van der Waals surface area contributed by atoms with Gasteiger partial charge in [-0.15, -0.1) is 0 Å². The van der Waals surface area contributed by atoms with Crippen molar-refractivity contribution in [3.63, 3.8) is 0 Å². The van der Waals surface area contributed by atoms with Crippen LogP contribution in [0.4, 0.5) is 0 Å². The molecule has 0 radical (unpaired) electrons. The molecule has 5 nitrogen and oxygen atoms in total. The standard InChI is InChI=1S/C21H26O5/c1-20-6-5-11(23)7-15(20)16(24)8-12-13-3-4-14(18(26)10-22)21(13,2)9-17(25)19(12)20/h5-7,12-14,16,19,22,24H,3-4,8-10H2,1-2H3/t12-,13-,14+,16?,19+,20-,21-/m0/s1. The highest BCUT2D eigenvalue weighted by atomic mass is 16.3. The van der Waals surface area contributed by atoms with Gasteiger partial charge in [0.25, 0.3) is 0 Å². The summed E-state index contributed by atoms with van der Waals surface area (Å²) >= 11 is 0. The van der Waals surface area contributed by atoms with E-state index in [1.807, 2.05) is 13.8 Å². The maximum absolute atomic E-state index is 13.3. The second-order valence-corrected chi connectivity index (χ2v) is 9.02. The third-order valence-electron chi connectivity index (χ3n) is 7.82. The minimum Gasteiger partial charge on any atom is -0.389 e. The van der Waals surface area contributed by atoms with Crippen molar-refractivity contribution in [2.75, 3.05) is 6.61 Å². The lowest BCUT2D eigenvalue weighted by atomic mass is 9.46. The number of rotatable bonds is 2. The van der Waals surface area contributed by atoms with E-state index in [9.17, 15) is 24.6 Å². The van der Waals surface area contributed by atoms with Gasteiger partial charge >= 0.3 is 0 Å². The van der Waals surface area contributed by atoms with Gasteiger partial charge in [-0.3, -0.25) is 14.4 Å². The van der Waals surface area contributed by atoms with Crippen LogP contribution >= 0.6 is 0 Å². The largest absolute Gasteiger partial charge is 0.389 e. The summed E-state index contributed by atoms with van der Waals surface area (Å²) < 4.78 is 0. The molecule has 3 saturated carbocycles. The summed E-state index contributed by atoms with van der Waals surface area (Å²) in [5, 5.41) is 20.1. The van der Waals surface area contributed by atoms with E-state index in [1.165, 1.54) is 12.2 Å². The second-order valence-electron chi connectivity index (χ2n) is 9.02. The number of carbonyl (C=O) groups excluding carboxylic acids is 3. The van der Waals surface area contributed by atoms with E-state index in [-0.39, 0.29) is 41.0 Å². The van der Waals surface area contributed by atoms with Crippen LogP contribution in [0.5, 0.6) is 0 Å². The molecular weight excluding hydrogens is 332 g/mol. The normalized spacial score (nSPS) is 47.1. The van der Waals surface area contributed by atoms with Gasteiger partial charge in [-0.2, -0.15) is 0 Å². The molecule has 0 spiro atoms. The average molecular weight is 358 g/mol. The van der Waals surface area contributed by atoms with Crippen LogP contribution in [0.3, 0.4) is 0 Å². The summed E-state index contributed by atoms with van der Waals surface area (Å²) in [6, 6.07) is 0. The molecule has 0 aromatic heterocycles. The van der Waals surface area contributed by atoms with Crippen molar-refractivity contribution in [2.45, 2.75) is 45.6 Å². The summed E-state index contributed by atoms with van der Waals surface area (Å²) in [6.45, 7) is 3.48. The fraction of sp³-hybridized carbons (Fsp3) is 0.667. The zero-order valence-electron chi connectivity index (χ0n) is 15.3. The number of aliphatic hydroxyl groups is 2. The SMILES string of the molecule is C[C@]12CC(=O)[C@H]3[C@@H](CC(O)C4=CC(=O)C=C[C@@]43C)[C@@H]1CC[C@@H]2C(=O)CO. The maximum Gasteiger partial charge on any atom is 0.178 e. The van der Waals surface area contributed by atoms with Crippen LogP contribution in [-0.4, -0.2) is 40.3 Å². The van der Waals surface area contributed by atoms with Crippen LogP contribution in [0.25, 0.3) is 0 Å². The molecule has 5 heteroatoms. The lowest BCUT2D eigenvalue weighted by Crippen LogP contribution is -2.57. The molecule has 7 atom stereocenters. The van der Waals surface area contributed by atoms with Crippen LogP contribution < -0.4 is 0 Å². The van der Waals surface area contributed by atoms with Crippen molar-refractivity contribution in [1.82, 2.24) is 0 Å². The third kappa shape index (κ3) is 2.20. The summed E-state index contributed by atoms with van der Waals surface area (Å²) in [6.07, 6.45) is 6.39. The van der Waals surface area contributed by atoms with Gasteiger partial charge in [-0.05, 0) is 54.2 Å². The molecule has 140 valence electrons. The lowest BCUT2D eigenvalue weighted by molar-refractivity contribution is -0.148. The van der Waals surface area contributed by atoms with Crippen molar-refractivity contribution in [3.05, 3.63) is 23.8 Å². The number of carbonyl (C=O) groups is 3. The first-order valence-corrected chi connectivity index (χ1v) is 9.52. The van der Waals surface area contributed by atoms with E-state index in [2.05, 4.69) is 0 Å². The molecule has 0 saturated heterocycles.